The fourth-order valence-electron chi connectivity index (χ4n) is 3.41. The Labute approximate surface area is 151 Å². The number of aliphatic imine (C=N–C) groups is 1. The van der Waals surface area contributed by atoms with Crippen LogP contribution in [0.5, 0.6) is 0 Å². The van der Waals surface area contributed by atoms with Crippen molar-refractivity contribution in [2.75, 3.05) is 7.11 Å². The maximum atomic E-state index is 12.6. The molecule has 0 spiro atoms. The molecule has 6 heteroatoms. The third kappa shape index (κ3) is 3.09. The Kier molecular flexibility index (Phi) is 4.95. The highest BCUT2D eigenvalue weighted by molar-refractivity contribution is 6.30. The third-order valence-electron chi connectivity index (χ3n) is 4.73. The molecule has 1 aliphatic carbocycles. The first-order valence-electron chi connectivity index (χ1n) is 8.27. The van der Waals surface area contributed by atoms with Gasteiger partial charge in [0.25, 0.3) is 5.54 Å². The van der Waals surface area contributed by atoms with Gasteiger partial charge in [0, 0.05) is 16.5 Å². The Hall–Kier alpha value is -2.14. The van der Waals surface area contributed by atoms with Crippen LogP contribution in [0.15, 0.2) is 41.4 Å². The zero-order valence-corrected chi connectivity index (χ0v) is 15.0. The summed E-state index contributed by atoms with van der Waals surface area (Å²) in [6, 6.07) is 6.93. The van der Waals surface area contributed by atoms with Gasteiger partial charge in [-0.3, -0.25) is 4.79 Å². The predicted molar refractivity (Wildman–Crippen MR) is 94.8 cm³/mol. The van der Waals surface area contributed by atoms with Crippen LogP contribution in [-0.4, -0.2) is 36.4 Å². The van der Waals surface area contributed by atoms with Gasteiger partial charge in [-0.2, -0.15) is 0 Å². The molecule has 0 saturated carbocycles. The van der Waals surface area contributed by atoms with E-state index in [0.717, 1.165) is 19.3 Å². The van der Waals surface area contributed by atoms with E-state index in [1.807, 2.05) is 6.08 Å². The number of halogens is 1. The summed E-state index contributed by atoms with van der Waals surface area (Å²) in [6.45, 7) is 1.36. The van der Waals surface area contributed by atoms with E-state index in [0.29, 0.717) is 10.6 Å². The zero-order valence-electron chi connectivity index (χ0n) is 14.2. The van der Waals surface area contributed by atoms with Gasteiger partial charge < -0.3 is 9.47 Å². The van der Waals surface area contributed by atoms with E-state index >= 15 is 0 Å². The minimum atomic E-state index is -1.67. The maximum Gasteiger partial charge on any atom is 0.345 e. The molecule has 0 fully saturated rings. The highest BCUT2D eigenvalue weighted by atomic mass is 35.5. The first-order valence-corrected chi connectivity index (χ1v) is 8.65. The summed E-state index contributed by atoms with van der Waals surface area (Å²) in [7, 11) is 1.26. The third-order valence-corrected chi connectivity index (χ3v) is 4.99. The lowest BCUT2D eigenvalue weighted by Crippen LogP contribution is -2.55. The number of hydrogen-bond donors (Lipinski definition) is 0. The lowest BCUT2D eigenvalue weighted by atomic mass is 9.78. The Morgan fingerprint density at radius 2 is 2.04 bits per heavy atom. The number of nitrogens with zero attached hydrogens (tertiary/aromatic N) is 1. The lowest BCUT2D eigenvalue weighted by Gasteiger charge is -2.32. The summed E-state index contributed by atoms with van der Waals surface area (Å²) in [5, 5.41) is 0.583. The summed E-state index contributed by atoms with van der Waals surface area (Å²) >= 11 is 5.93. The molecule has 0 bridgehead atoms. The van der Waals surface area contributed by atoms with Crippen LogP contribution in [0.2, 0.25) is 5.02 Å². The highest BCUT2D eigenvalue weighted by Gasteiger charge is 2.59. The smallest absolute Gasteiger partial charge is 0.345 e. The van der Waals surface area contributed by atoms with E-state index in [1.54, 1.807) is 24.3 Å². The van der Waals surface area contributed by atoms with Crippen molar-refractivity contribution in [3.63, 3.8) is 0 Å². The quantitative estimate of drug-likeness (QED) is 0.468. The number of Topliss-reactive ketones (excluding diaryl/α,β-unsaturated/α-hetero) is 1. The van der Waals surface area contributed by atoms with Gasteiger partial charge in [0.05, 0.1) is 7.11 Å². The lowest BCUT2D eigenvalue weighted by molar-refractivity contribution is -0.154. The molecule has 3 atom stereocenters. The van der Waals surface area contributed by atoms with Crippen molar-refractivity contribution < 1.29 is 19.1 Å². The molecule has 1 aliphatic heterocycles. The zero-order chi connectivity index (χ0) is 18.0. The van der Waals surface area contributed by atoms with Crippen molar-refractivity contribution in [3.8, 4) is 0 Å². The Bertz CT molecular complexity index is 740. The highest BCUT2D eigenvalue weighted by Crippen LogP contribution is 2.38. The maximum absolute atomic E-state index is 12.6. The first-order chi connectivity index (χ1) is 12.0. The second kappa shape index (κ2) is 7.00. The summed E-state index contributed by atoms with van der Waals surface area (Å²) in [4.78, 5) is 29.5. The van der Waals surface area contributed by atoms with E-state index in [9.17, 15) is 9.59 Å². The molecule has 0 aromatic heterocycles. The summed E-state index contributed by atoms with van der Waals surface area (Å²) < 4.78 is 11.0. The van der Waals surface area contributed by atoms with Gasteiger partial charge in [-0.25, -0.2) is 9.79 Å². The molecule has 0 unspecified atom stereocenters. The van der Waals surface area contributed by atoms with Crippen LogP contribution in [0.3, 0.4) is 0 Å². The Balaban J connectivity index is 2.07. The molecule has 0 radical (unpaired) electrons. The summed E-state index contributed by atoms with van der Waals surface area (Å²) in [5.74, 6) is -0.883. The molecule has 3 rings (SSSR count). The van der Waals surface area contributed by atoms with Gasteiger partial charge in [-0.05, 0) is 50.5 Å². The van der Waals surface area contributed by atoms with Crippen LogP contribution in [0.1, 0.15) is 31.7 Å². The molecule has 2 aliphatic rings. The van der Waals surface area contributed by atoms with E-state index in [4.69, 9.17) is 21.1 Å². The minimum Gasteiger partial charge on any atom is -0.470 e. The van der Waals surface area contributed by atoms with Crippen molar-refractivity contribution in [2.45, 2.75) is 37.8 Å². The number of carbonyl (C=O) groups excluding carboxylic acids is 2. The number of allylic oxidation sites excluding steroid dienone is 1. The molecular weight excluding hydrogens is 342 g/mol. The average molecular weight is 362 g/mol. The van der Waals surface area contributed by atoms with E-state index < -0.39 is 17.6 Å². The van der Waals surface area contributed by atoms with Crippen LogP contribution < -0.4 is 0 Å². The van der Waals surface area contributed by atoms with Gasteiger partial charge in [-0.1, -0.05) is 23.8 Å². The number of ketones is 1. The molecule has 132 valence electrons. The fourth-order valence-corrected chi connectivity index (χ4v) is 3.54. The largest absolute Gasteiger partial charge is 0.470 e. The van der Waals surface area contributed by atoms with Crippen LogP contribution >= 0.6 is 11.6 Å². The van der Waals surface area contributed by atoms with Crippen molar-refractivity contribution in [3.05, 3.63) is 47.0 Å². The number of esters is 1. The normalized spacial score (nSPS) is 28.2. The van der Waals surface area contributed by atoms with Crippen LogP contribution in [0.25, 0.3) is 0 Å². The molecule has 0 amide bonds. The Morgan fingerprint density at radius 1 is 1.32 bits per heavy atom. The fraction of sp³-hybridized carbons (Fsp3) is 0.421. The van der Waals surface area contributed by atoms with Gasteiger partial charge in [0.2, 0.25) is 5.90 Å². The summed E-state index contributed by atoms with van der Waals surface area (Å²) in [6.07, 6.45) is 6.15. The molecule has 1 aromatic rings. The molecule has 5 nitrogen and oxygen atoms in total. The minimum absolute atomic E-state index is 0.0784. The van der Waals surface area contributed by atoms with Crippen molar-refractivity contribution >= 4 is 29.3 Å². The molecule has 0 N–H and O–H groups in total. The van der Waals surface area contributed by atoms with Gasteiger partial charge in [0.1, 0.15) is 6.10 Å². The van der Waals surface area contributed by atoms with E-state index in [1.165, 1.54) is 14.0 Å². The monoisotopic (exact) mass is 361 g/mol. The van der Waals surface area contributed by atoms with Gasteiger partial charge >= 0.3 is 5.97 Å². The van der Waals surface area contributed by atoms with Crippen molar-refractivity contribution in [2.24, 2.45) is 10.9 Å². The molecular formula is C19H20ClNO4. The standard InChI is InChI=1S/C19H20ClNO4/c1-12(22)19(18(23)24-2)16(13-6-4-3-5-7-13)25-17(21-19)14-8-10-15(20)11-9-14/h4,6,8-11,13,16H,3,5,7H2,1-2H3/t13-,16+,19+/m1/s1. The number of methoxy groups -OCH3 is 1. The average Bonchev–Trinajstić information content (AvgIpc) is 3.04. The van der Waals surface area contributed by atoms with E-state index in [2.05, 4.69) is 11.1 Å². The number of rotatable bonds is 4. The molecule has 25 heavy (non-hydrogen) atoms. The SMILES string of the molecule is COC(=O)[C@@]1(C(C)=O)N=C(c2ccc(Cl)cc2)O[C@H]1[C@@H]1C=CCCC1. The summed E-state index contributed by atoms with van der Waals surface area (Å²) in [5.41, 5.74) is -1.00. The van der Waals surface area contributed by atoms with Gasteiger partial charge in [-0.15, -0.1) is 0 Å². The van der Waals surface area contributed by atoms with Crippen LogP contribution in [-0.2, 0) is 19.1 Å². The van der Waals surface area contributed by atoms with Gasteiger partial charge in [0.15, 0.2) is 5.78 Å². The first kappa shape index (κ1) is 17.7. The van der Waals surface area contributed by atoms with Crippen LogP contribution in [0, 0.1) is 5.92 Å². The molecule has 0 saturated heterocycles. The Morgan fingerprint density at radius 3 is 2.60 bits per heavy atom. The number of hydrogen-bond acceptors (Lipinski definition) is 5. The predicted octanol–water partition coefficient (Wildman–Crippen LogP) is 3.34. The number of benzene rings is 1. The molecule has 1 heterocycles. The molecule has 1 aromatic carbocycles. The van der Waals surface area contributed by atoms with Crippen molar-refractivity contribution in [1.29, 1.82) is 0 Å². The van der Waals surface area contributed by atoms with Crippen molar-refractivity contribution in [1.82, 2.24) is 0 Å². The number of ether oxygens (including phenoxy) is 2. The van der Waals surface area contributed by atoms with E-state index in [-0.39, 0.29) is 17.6 Å². The van der Waals surface area contributed by atoms with Crippen LogP contribution in [0.4, 0.5) is 0 Å². The number of carbonyl (C=O) groups is 2. The topological polar surface area (TPSA) is 65.0 Å². The second-order valence-electron chi connectivity index (χ2n) is 6.30. The second-order valence-corrected chi connectivity index (χ2v) is 6.74.